The van der Waals surface area contributed by atoms with Crippen LogP contribution in [0.3, 0.4) is 0 Å². The fourth-order valence-electron chi connectivity index (χ4n) is 7.20. The standard InChI is InChI=1S/C45H49FN12O5/c1-47-34-13-9-30(10-14-34)25-38(39(59)8-5-21-63-23-22-61-2)53-45-55-43(50-28-36-26-32-11-12-33(46)27-37(32)51-36)54-44(56-45)52-35-7-4-6-31(24-35)29-57-17-19-58(20-18-57)42(60)40-41(62-3)49-16-15-48-40/h4,6-7,9-16,24,27,38H,5,8,17-23,25-26,28-29H2,2-3H3,(H3,50,52,53,54,55,56)/t38-/m0/s1. The van der Waals surface area contributed by atoms with Crippen LogP contribution in [0.15, 0.2) is 84.1 Å². The zero-order chi connectivity index (χ0) is 44.0. The molecule has 1 amide bonds. The van der Waals surface area contributed by atoms with Crippen LogP contribution in [0.25, 0.3) is 4.85 Å². The summed E-state index contributed by atoms with van der Waals surface area (Å²) in [7, 11) is 3.08. The average Bonchev–Trinajstić information content (AvgIpc) is 3.71. The summed E-state index contributed by atoms with van der Waals surface area (Å²) in [6, 6.07) is 18.9. The molecule has 0 saturated carbocycles. The molecule has 2 aliphatic rings. The molecule has 7 rings (SSSR count). The number of aliphatic imine (C=N–C) groups is 1. The minimum Gasteiger partial charge on any atom is -0.479 e. The summed E-state index contributed by atoms with van der Waals surface area (Å²) < 4.78 is 29.8. The lowest BCUT2D eigenvalue weighted by Crippen LogP contribution is -2.48. The number of rotatable bonds is 21. The van der Waals surface area contributed by atoms with Crippen LogP contribution < -0.4 is 20.7 Å². The lowest BCUT2D eigenvalue weighted by molar-refractivity contribution is -0.120. The average molecular weight is 857 g/mol. The normalized spacial score (nSPS) is 14.0. The quantitative estimate of drug-likeness (QED) is 0.0591. The molecular formula is C45H49FN12O5. The van der Waals surface area contributed by atoms with Gasteiger partial charge in [0.05, 0.1) is 45.2 Å². The Morgan fingerprint density at radius 1 is 0.889 bits per heavy atom. The monoisotopic (exact) mass is 856 g/mol. The Kier molecular flexibility index (Phi) is 15.2. The number of anilines is 4. The van der Waals surface area contributed by atoms with Crippen molar-refractivity contribution in [2.24, 2.45) is 4.99 Å². The van der Waals surface area contributed by atoms with Gasteiger partial charge in [-0.25, -0.2) is 19.2 Å². The van der Waals surface area contributed by atoms with E-state index in [0.717, 1.165) is 28.1 Å². The molecular weight excluding hydrogens is 808 g/mol. The van der Waals surface area contributed by atoms with Crippen LogP contribution >= 0.6 is 0 Å². The number of amides is 1. The Labute approximate surface area is 365 Å². The van der Waals surface area contributed by atoms with Gasteiger partial charge in [0.1, 0.15) is 5.82 Å². The molecule has 17 nitrogen and oxygen atoms in total. The first-order chi connectivity index (χ1) is 30.8. The Morgan fingerprint density at radius 3 is 2.48 bits per heavy atom. The van der Waals surface area contributed by atoms with Crippen LogP contribution in [0, 0.1) is 12.4 Å². The zero-order valence-electron chi connectivity index (χ0n) is 35.2. The van der Waals surface area contributed by atoms with Crippen molar-refractivity contribution in [1.82, 2.24) is 34.7 Å². The zero-order valence-corrected chi connectivity index (χ0v) is 35.2. The van der Waals surface area contributed by atoms with Crippen molar-refractivity contribution >= 4 is 52.3 Å². The van der Waals surface area contributed by atoms with E-state index in [4.69, 9.17) is 30.8 Å². The van der Waals surface area contributed by atoms with Crippen molar-refractivity contribution in [2.75, 3.05) is 82.7 Å². The van der Waals surface area contributed by atoms with E-state index in [9.17, 15) is 14.0 Å². The summed E-state index contributed by atoms with van der Waals surface area (Å²) in [5.41, 5.74) is 5.66. The van der Waals surface area contributed by atoms with Gasteiger partial charge in [0.25, 0.3) is 5.91 Å². The molecule has 326 valence electrons. The third kappa shape index (κ3) is 12.3. The molecule has 2 aromatic heterocycles. The SMILES string of the molecule is [C-]#[N+]c1ccc(C[C@H](Nc2nc(NCC3=Nc4cc(F)ccc4C3)nc(Nc3cccc(CN4CCN(C(=O)c5nccnc5OC)CC4)c3)n2)C(=O)CCCOCCOC)cc1. The first-order valence-corrected chi connectivity index (χ1v) is 20.7. The highest BCUT2D eigenvalue weighted by molar-refractivity contribution is 5.96. The summed E-state index contributed by atoms with van der Waals surface area (Å²) in [5.74, 6) is 0.234. The van der Waals surface area contributed by atoms with E-state index in [1.807, 2.05) is 36.4 Å². The third-order valence-corrected chi connectivity index (χ3v) is 10.5. The van der Waals surface area contributed by atoms with Gasteiger partial charge in [0.2, 0.25) is 23.7 Å². The second-order valence-electron chi connectivity index (χ2n) is 14.9. The van der Waals surface area contributed by atoms with Crippen LogP contribution in [0.2, 0.25) is 0 Å². The molecule has 2 aliphatic heterocycles. The van der Waals surface area contributed by atoms with Crippen LogP contribution in [0.1, 0.15) is 40.0 Å². The fraction of sp³-hybridized carbons (Fsp3) is 0.356. The molecule has 18 heteroatoms. The van der Waals surface area contributed by atoms with Crippen molar-refractivity contribution in [1.29, 1.82) is 0 Å². The fourth-order valence-corrected chi connectivity index (χ4v) is 7.20. The molecule has 3 N–H and O–H groups in total. The minimum atomic E-state index is -0.712. The second-order valence-corrected chi connectivity index (χ2v) is 14.9. The van der Waals surface area contributed by atoms with Crippen molar-refractivity contribution in [3.8, 4) is 5.88 Å². The van der Waals surface area contributed by atoms with E-state index < -0.39 is 6.04 Å². The Hall–Kier alpha value is -6.94. The molecule has 0 spiro atoms. The van der Waals surface area contributed by atoms with E-state index in [0.29, 0.717) is 89.7 Å². The number of ketones is 1. The van der Waals surface area contributed by atoms with Crippen LogP contribution in [0.4, 0.5) is 39.3 Å². The summed E-state index contributed by atoms with van der Waals surface area (Å²) in [6.45, 7) is 12.0. The van der Waals surface area contributed by atoms with E-state index in [1.54, 1.807) is 30.2 Å². The van der Waals surface area contributed by atoms with Crippen molar-refractivity contribution in [3.63, 3.8) is 0 Å². The topological polar surface area (TPSA) is 186 Å². The van der Waals surface area contributed by atoms with Gasteiger partial charge >= 0.3 is 0 Å². The van der Waals surface area contributed by atoms with Crippen molar-refractivity contribution in [2.45, 2.75) is 38.3 Å². The van der Waals surface area contributed by atoms with Crippen molar-refractivity contribution < 1.29 is 28.2 Å². The van der Waals surface area contributed by atoms with Crippen LogP contribution in [-0.4, -0.2) is 125 Å². The highest BCUT2D eigenvalue weighted by Gasteiger charge is 2.26. The molecule has 1 fully saturated rings. The molecule has 0 radical (unpaired) electrons. The minimum absolute atomic E-state index is 0.0549. The molecule has 3 aromatic carbocycles. The van der Waals surface area contributed by atoms with E-state index in [1.165, 1.54) is 31.6 Å². The summed E-state index contributed by atoms with van der Waals surface area (Å²) >= 11 is 0. The molecule has 63 heavy (non-hydrogen) atoms. The third-order valence-electron chi connectivity index (χ3n) is 10.5. The molecule has 1 atom stereocenters. The van der Waals surface area contributed by atoms with Crippen LogP contribution in [0.5, 0.6) is 5.88 Å². The highest BCUT2D eigenvalue weighted by Crippen LogP contribution is 2.28. The number of fused-ring (bicyclic) bond motifs is 1. The molecule has 0 aliphatic carbocycles. The number of nitrogens with one attached hydrogen (secondary N) is 3. The van der Waals surface area contributed by atoms with E-state index in [2.05, 4.69) is 45.6 Å². The lowest BCUT2D eigenvalue weighted by Gasteiger charge is -2.34. The van der Waals surface area contributed by atoms with Crippen molar-refractivity contribution in [3.05, 3.63) is 119 Å². The predicted octanol–water partition coefficient (Wildman–Crippen LogP) is 5.84. The number of carbonyl (C=O) groups is 2. The van der Waals surface area contributed by atoms with Gasteiger partial charge in [0, 0.05) is 83.1 Å². The first-order valence-electron chi connectivity index (χ1n) is 20.7. The number of piperazine rings is 1. The number of Topliss-reactive ketones (excluding diaryl/α,β-unsaturated/α-hetero) is 1. The molecule has 1 saturated heterocycles. The number of nitrogens with zero attached hydrogens (tertiary/aromatic N) is 9. The predicted molar refractivity (Wildman–Crippen MR) is 236 cm³/mol. The number of aromatic nitrogens is 5. The lowest BCUT2D eigenvalue weighted by atomic mass is 9.99. The molecule has 4 heterocycles. The maximum atomic E-state index is 13.9. The summed E-state index contributed by atoms with van der Waals surface area (Å²) in [4.78, 5) is 61.6. The number of halogens is 1. The highest BCUT2D eigenvalue weighted by atomic mass is 19.1. The number of hydrogen-bond acceptors (Lipinski definition) is 15. The van der Waals surface area contributed by atoms with Gasteiger partial charge in [-0.1, -0.05) is 42.5 Å². The Bertz CT molecular complexity index is 2440. The molecule has 0 bridgehead atoms. The number of ether oxygens (including phenoxy) is 3. The number of methoxy groups -OCH3 is 2. The number of hydrogen-bond donors (Lipinski definition) is 3. The number of carbonyl (C=O) groups excluding carboxylic acids is 2. The number of benzene rings is 3. The van der Waals surface area contributed by atoms with E-state index >= 15 is 0 Å². The van der Waals surface area contributed by atoms with Gasteiger partial charge in [-0.3, -0.25) is 19.5 Å². The largest absolute Gasteiger partial charge is 0.479 e. The molecule has 5 aromatic rings. The maximum absolute atomic E-state index is 13.9. The van der Waals surface area contributed by atoms with Gasteiger partial charge in [-0.2, -0.15) is 15.0 Å². The summed E-state index contributed by atoms with van der Waals surface area (Å²) in [6.07, 6.45) is 4.62. The van der Waals surface area contributed by atoms with Gasteiger partial charge in [-0.05, 0) is 53.8 Å². The maximum Gasteiger partial charge on any atom is 0.278 e. The first kappa shape index (κ1) is 44.1. The van der Waals surface area contributed by atoms with Gasteiger partial charge in [-0.15, -0.1) is 0 Å². The summed E-state index contributed by atoms with van der Waals surface area (Å²) in [5, 5.41) is 9.89. The Balaban J connectivity index is 1.07. The van der Waals surface area contributed by atoms with Gasteiger partial charge in [0.15, 0.2) is 17.2 Å². The smallest absolute Gasteiger partial charge is 0.278 e. The molecule has 0 unspecified atom stereocenters. The van der Waals surface area contributed by atoms with Crippen LogP contribution in [-0.2, 0) is 33.7 Å². The van der Waals surface area contributed by atoms with E-state index in [-0.39, 0.29) is 53.3 Å². The second kappa shape index (κ2) is 21.7. The van der Waals surface area contributed by atoms with Gasteiger partial charge < -0.3 is 35.1 Å². The Morgan fingerprint density at radius 2 is 1.68 bits per heavy atom.